The van der Waals surface area contributed by atoms with E-state index in [1.165, 1.54) is 11.1 Å². The van der Waals surface area contributed by atoms with Gasteiger partial charge in [0.25, 0.3) is 0 Å². The van der Waals surface area contributed by atoms with Crippen LogP contribution >= 0.6 is 0 Å². The minimum Gasteiger partial charge on any atom is -0.341 e. The molecule has 0 aliphatic carbocycles. The van der Waals surface area contributed by atoms with Crippen molar-refractivity contribution in [1.82, 2.24) is 9.80 Å². The van der Waals surface area contributed by atoms with E-state index in [9.17, 15) is 4.79 Å². The van der Waals surface area contributed by atoms with Crippen molar-refractivity contribution in [2.75, 3.05) is 27.2 Å². The Morgan fingerprint density at radius 2 is 2.05 bits per heavy atom. The van der Waals surface area contributed by atoms with E-state index >= 15 is 0 Å². The van der Waals surface area contributed by atoms with Crippen molar-refractivity contribution in [2.24, 2.45) is 5.92 Å². The van der Waals surface area contributed by atoms with E-state index in [0.717, 1.165) is 25.9 Å². The van der Waals surface area contributed by atoms with Crippen molar-refractivity contribution in [1.29, 1.82) is 0 Å². The quantitative estimate of drug-likeness (QED) is 0.832. The minimum absolute atomic E-state index is 0.175. The number of carbonyl (C=O) groups excluding carboxylic acids is 1. The van der Waals surface area contributed by atoms with Gasteiger partial charge < -0.3 is 9.80 Å². The molecule has 0 spiro atoms. The standard InChI is InChI=1S/C16H24N2O/c1-13-6-8-14(9-7-13)11-18(3)16(19)15-5-4-10-17(2)12-15/h6-9,15H,4-5,10-12H2,1-3H3/t15-/m0/s1. The van der Waals surface area contributed by atoms with Crippen LogP contribution in [0.4, 0.5) is 0 Å². The summed E-state index contributed by atoms with van der Waals surface area (Å²) in [6.45, 7) is 4.80. The van der Waals surface area contributed by atoms with Gasteiger partial charge in [-0.2, -0.15) is 0 Å². The topological polar surface area (TPSA) is 23.6 Å². The predicted octanol–water partition coefficient (Wildman–Crippen LogP) is 2.30. The lowest BCUT2D eigenvalue weighted by Crippen LogP contribution is -2.41. The first-order chi connectivity index (χ1) is 9.06. The maximum absolute atomic E-state index is 12.4. The molecule has 1 fully saturated rings. The average Bonchev–Trinajstić information content (AvgIpc) is 2.40. The van der Waals surface area contributed by atoms with Gasteiger partial charge in [-0.05, 0) is 38.9 Å². The normalized spacial score (nSPS) is 20.3. The Labute approximate surface area is 116 Å². The SMILES string of the molecule is Cc1ccc(CN(C)C(=O)[C@H]2CCCN(C)C2)cc1. The number of piperidine rings is 1. The van der Waals surface area contributed by atoms with E-state index in [-0.39, 0.29) is 11.8 Å². The Balaban J connectivity index is 1.93. The number of aryl methyl sites for hydroxylation is 1. The first-order valence-electron chi connectivity index (χ1n) is 7.05. The summed E-state index contributed by atoms with van der Waals surface area (Å²) in [5, 5.41) is 0. The van der Waals surface area contributed by atoms with Gasteiger partial charge >= 0.3 is 0 Å². The van der Waals surface area contributed by atoms with Crippen LogP contribution in [0.1, 0.15) is 24.0 Å². The van der Waals surface area contributed by atoms with Crippen LogP contribution < -0.4 is 0 Å². The van der Waals surface area contributed by atoms with Crippen molar-refractivity contribution < 1.29 is 4.79 Å². The number of hydrogen-bond acceptors (Lipinski definition) is 2. The van der Waals surface area contributed by atoms with Gasteiger partial charge in [0.05, 0.1) is 5.92 Å². The molecule has 1 amide bonds. The van der Waals surface area contributed by atoms with Gasteiger partial charge in [-0.25, -0.2) is 0 Å². The summed E-state index contributed by atoms with van der Waals surface area (Å²) < 4.78 is 0. The van der Waals surface area contributed by atoms with Crippen molar-refractivity contribution in [3.63, 3.8) is 0 Å². The zero-order valence-corrected chi connectivity index (χ0v) is 12.2. The molecule has 0 unspecified atom stereocenters. The molecule has 1 aliphatic heterocycles. The molecule has 0 aromatic heterocycles. The lowest BCUT2D eigenvalue weighted by Gasteiger charge is -2.31. The first kappa shape index (κ1) is 14.1. The number of hydrogen-bond donors (Lipinski definition) is 0. The molecule has 1 aromatic carbocycles. The highest BCUT2D eigenvalue weighted by Gasteiger charge is 2.26. The summed E-state index contributed by atoms with van der Waals surface area (Å²) in [6, 6.07) is 8.41. The van der Waals surface area contributed by atoms with E-state index in [4.69, 9.17) is 0 Å². The van der Waals surface area contributed by atoms with Gasteiger partial charge in [0.1, 0.15) is 0 Å². The van der Waals surface area contributed by atoms with Gasteiger partial charge in [-0.3, -0.25) is 4.79 Å². The maximum atomic E-state index is 12.4. The summed E-state index contributed by atoms with van der Waals surface area (Å²) in [7, 11) is 4.01. The fourth-order valence-corrected chi connectivity index (χ4v) is 2.72. The molecule has 0 saturated carbocycles. The van der Waals surface area contributed by atoms with Gasteiger partial charge in [0, 0.05) is 20.1 Å². The summed E-state index contributed by atoms with van der Waals surface area (Å²) in [6.07, 6.45) is 2.16. The lowest BCUT2D eigenvalue weighted by molar-refractivity contribution is -0.136. The molecule has 1 aliphatic rings. The van der Waals surface area contributed by atoms with Crippen molar-refractivity contribution in [3.05, 3.63) is 35.4 Å². The third-order valence-electron chi connectivity index (χ3n) is 3.89. The smallest absolute Gasteiger partial charge is 0.227 e. The molecule has 3 nitrogen and oxygen atoms in total. The van der Waals surface area contributed by atoms with Crippen LogP contribution in [0.25, 0.3) is 0 Å². The van der Waals surface area contributed by atoms with Crippen LogP contribution in [0, 0.1) is 12.8 Å². The summed E-state index contributed by atoms with van der Waals surface area (Å²) >= 11 is 0. The number of benzene rings is 1. The summed E-state index contributed by atoms with van der Waals surface area (Å²) in [4.78, 5) is 16.5. The Morgan fingerprint density at radius 3 is 2.68 bits per heavy atom. The molecule has 0 bridgehead atoms. The Morgan fingerprint density at radius 1 is 1.37 bits per heavy atom. The molecule has 1 saturated heterocycles. The molecule has 3 heteroatoms. The predicted molar refractivity (Wildman–Crippen MR) is 77.9 cm³/mol. The van der Waals surface area contributed by atoms with Gasteiger partial charge in [0.2, 0.25) is 5.91 Å². The van der Waals surface area contributed by atoms with E-state index in [1.54, 1.807) is 0 Å². The molecule has 19 heavy (non-hydrogen) atoms. The third-order valence-corrected chi connectivity index (χ3v) is 3.89. The largest absolute Gasteiger partial charge is 0.341 e. The zero-order valence-electron chi connectivity index (χ0n) is 12.2. The second-order valence-corrected chi connectivity index (χ2v) is 5.78. The van der Waals surface area contributed by atoms with Gasteiger partial charge in [-0.15, -0.1) is 0 Å². The van der Waals surface area contributed by atoms with Crippen LogP contribution in [0.15, 0.2) is 24.3 Å². The molecule has 104 valence electrons. The highest BCUT2D eigenvalue weighted by atomic mass is 16.2. The van der Waals surface area contributed by atoms with Gasteiger partial charge in [-0.1, -0.05) is 29.8 Å². The molecular weight excluding hydrogens is 236 g/mol. The summed E-state index contributed by atoms with van der Waals surface area (Å²) in [5.74, 6) is 0.460. The van der Waals surface area contributed by atoms with Crippen molar-refractivity contribution in [2.45, 2.75) is 26.3 Å². The number of nitrogens with zero attached hydrogens (tertiary/aromatic N) is 2. The second kappa shape index (κ2) is 6.20. The van der Waals surface area contributed by atoms with Crippen LogP contribution in [-0.4, -0.2) is 42.9 Å². The first-order valence-corrected chi connectivity index (χ1v) is 7.05. The molecular formula is C16H24N2O. The fraction of sp³-hybridized carbons (Fsp3) is 0.562. The molecule has 1 aromatic rings. The maximum Gasteiger partial charge on any atom is 0.227 e. The van der Waals surface area contributed by atoms with Crippen LogP contribution in [-0.2, 0) is 11.3 Å². The van der Waals surface area contributed by atoms with Gasteiger partial charge in [0.15, 0.2) is 0 Å². The van der Waals surface area contributed by atoms with E-state index in [2.05, 4.69) is 43.1 Å². The molecule has 0 radical (unpaired) electrons. The van der Waals surface area contributed by atoms with E-state index < -0.39 is 0 Å². The average molecular weight is 260 g/mol. The number of amides is 1. The highest BCUT2D eigenvalue weighted by Crippen LogP contribution is 2.18. The molecule has 0 N–H and O–H groups in total. The minimum atomic E-state index is 0.175. The van der Waals surface area contributed by atoms with Crippen molar-refractivity contribution >= 4 is 5.91 Å². The lowest BCUT2D eigenvalue weighted by atomic mass is 9.97. The number of carbonyl (C=O) groups is 1. The van der Waals surface area contributed by atoms with Crippen molar-refractivity contribution in [3.8, 4) is 0 Å². The third kappa shape index (κ3) is 3.80. The van der Waals surface area contributed by atoms with E-state index in [0.29, 0.717) is 6.54 Å². The number of likely N-dealkylation sites (tertiary alicyclic amines) is 1. The van der Waals surface area contributed by atoms with Crippen LogP contribution in [0.2, 0.25) is 0 Å². The molecule has 2 rings (SSSR count). The van der Waals surface area contributed by atoms with Crippen LogP contribution in [0.5, 0.6) is 0 Å². The monoisotopic (exact) mass is 260 g/mol. The molecule has 1 heterocycles. The highest BCUT2D eigenvalue weighted by molar-refractivity contribution is 5.78. The summed E-state index contributed by atoms with van der Waals surface area (Å²) in [5.41, 5.74) is 2.46. The fourth-order valence-electron chi connectivity index (χ4n) is 2.72. The Hall–Kier alpha value is -1.35. The Bertz CT molecular complexity index is 427. The number of rotatable bonds is 3. The molecule has 1 atom stereocenters. The van der Waals surface area contributed by atoms with Crippen LogP contribution in [0.3, 0.4) is 0 Å². The zero-order chi connectivity index (χ0) is 13.8. The van der Waals surface area contributed by atoms with E-state index in [1.807, 2.05) is 11.9 Å². The Kier molecular flexibility index (Phi) is 4.59. The second-order valence-electron chi connectivity index (χ2n) is 5.78.